The van der Waals surface area contributed by atoms with E-state index in [4.69, 9.17) is 0 Å². The van der Waals surface area contributed by atoms with Crippen LogP contribution in [0.5, 0.6) is 0 Å². The van der Waals surface area contributed by atoms with Gasteiger partial charge in [-0.05, 0) is 12.0 Å². The Kier molecular flexibility index (Phi) is 8.71. The molecule has 3 N–H and O–H groups in total. The molecule has 1 aromatic carbocycles. The molecule has 6 heteroatoms. The fourth-order valence-electron chi connectivity index (χ4n) is 2.32. The van der Waals surface area contributed by atoms with Crippen molar-refractivity contribution >= 4 is 17.7 Å². The number of carbonyl (C=O) groups is 3. The molecule has 0 heterocycles. The lowest BCUT2D eigenvalue weighted by atomic mass is 10.0. The molecule has 1 aromatic rings. The molecular formula is C18H25NO5. The highest BCUT2D eigenvalue weighted by Gasteiger charge is 2.26. The Bertz CT molecular complexity index is 544. The topological polar surface area (TPSA) is 104 Å². The predicted octanol–water partition coefficient (Wildman–Crippen LogP) is 2.22. The van der Waals surface area contributed by atoms with Gasteiger partial charge in [0.1, 0.15) is 6.04 Å². The minimum absolute atomic E-state index is 0.111. The Hall–Kier alpha value is -2.21. The highest BCUT2D eigenvalue weighted by atomic mass is 16.4. The number of carbonyl (C=O) groups excluding carboxylic acids is 2. The number of Topliss-reactive ketones (excluding diaryl/α,β-unsaturated/α-hetero) is 1. The summed E-state index contributed by atoms with van der Waals surface area (Å²) in [5.74, 6) is -2.80. The van der Waals surface area contributed by atoms with Crippen molar-refractivity contribution in [2.45, 2.75) is 57.6 Å². The van der Waals surface area contributed by atoms with E-state index in [1.54, 1.807) is 30.3 Å². The second kappa shape index (κ2) is 10.5. The number of hydrogen-bond acceptors (Lipinski definition) is 4. The molecule has 0 aliphatic rings. The first-order chi connectivity index (χ1) is 11.5. The Labute approximate surface area is 141 Å². The van der Waals surface area contributed by atoms with Gasteiger partial charge in [0.15, 0.2) is 0 Å². The van der Waals surface area contributed by atoms with Gasteiger partial charge in [0.2, 0.25) is 5.78 Å². The van der Waals surface area contributed by atoms with E-state index in [0.29, 0.717) is 12.0 Å². The summed E-state index contributed by atoms with van der Waals surface area (Å²) in [6, 6.07) is 7.27. The van der Waals surface area contributed by atoms with E-state index in [-0.39, 0.29) is 12.8 Å². The lowest BCUT2D eigenvalue weighted by Crippen LogP contribution is -2.44. The first-order valence-electron chi connectivity index (χ1n) is 8.25. The zero-order chi connectivity index (χ0) is 17.9. The number of carboxylic acids is 1. The van der Waals surface area contributed by atoms with Gasteiger partial charge >= 0.3 is 5.97 Å². The maximum Gasteiger partial charge on any atom is 0.326 e. The van der Waals surface area contributed by atoms with Gasteiger partial charge in [-0.1, -0.05) is 56.5 Å². The summed E-state index contributed by atoms with van der Waals surface area (Å²) in [6.45, 7) is 2.05. The third-order valence-corrected chi connectivity index (χ3v) is 3.76. The van der Waals surface area contributed by atoms with Crippen LogP contribution in [0.4, 0.5) is 0 Å². The number of unbranched alkanes of at least 4 members (excludes halogenated alkanes) is 3. The van der Waals surface area contributed by atoms with Crippen molar-refractivity contribution in [2.75, 3.05) is 0 Å². The molecule has 0 radical (unpaired) electrons. The van der Waals surface area contributed by atoms with Crippen LogP contribution >= 0.6 is 0 Å². The smallest absolute Gasteiger partial charge is 0.326 e. The molecule has 0 aliphatic carbocycles. The maximum absolute atomic E-state index is 11.8. The summed E-state index contributed by atoms with van der Waals surface area (Å²) in [4.78, 5) is 34.9. The molecule has 2 atom stereocenters. The molecule has 0 saturated heterocycles. The largest absolute Gasteiger partial charge is 0.480 e. The molecule has 1 amide bonds. The molecule has 6 nitrogen and oxygen atoms in total. The van der Waals surface area contributed by atoms with Crippen LogP contribution in [-0.2, 0) is 14.4 Å². The van der Waals surface area contributed by atoms with Crippen molar-refractivity contribution in [2.24, 2.45) is 0 Å². The summed E-state index contributed by atoms with van der Waals surface area (Å²) in [5, 5.41) is 21.5. The van der Waals surface area contributed by atoms with E-state index < -0.39 is 29.8 Å². The minimum Gasteiger partial charge on any atom is -0.480 e. The molecule has 0 aromatic heterocycles. The molecular weight excluding hydrogens is 310 g/mol. The van der Waals surface area contributed by atoms with E-state index in [2.05, 4.69) is 5.32 Å². The summed E-state index contributed by atoms with van der Waals surface area (Å²) < 4.78 is 0. The van der Waals surface area contributed by atoms with Crippen LogP contribution in [0.1, 0.15) is 57.1 Å². The Morgan fingerprint density at radius 2 is 1.75 bits per heavy atom. The van der Waals surface area contributed by atoms with Crippen LogP contribution in [0.2, 0.25) is 0 Å². The van der Waals surface area contributed by atoms with Crippen molar-refractivity contribution in [1.29, 1.82) is 0 Å². The lowest BCUT2D eigenvalue weighted by molar-refractivity contribution is -0.145. The van der Waals surface area contributed by atoms with Crippen LogP contribution in [0, 0.1) is 0 Å². The van der Waals surface area contributed by atoms with E-state index in [9.17, 15) is 24.6 Å². The second-order valence-electron chi connectivity index (χ2n) is 5.76. The van der Waals surface area contributed by atoms with Gasteiger partial charge in [-0.15, -0.1) is 0 Å². The van der Waals surface area contributed by atoms with Crippen LogP contribution in [0.15, 0.2) is 30.3 Å². The fourth-order valence-corrected chi connectivity index (χ4v) is 2.32. The van der Waals surface area contributed by atoms with Crippen molar-refractivity contribution in [3.8, 4) is 0 Å². The number of benzene rings is 1. The Balaban J connectivity index is 2.54. The minimum atomic E-state index is -1.31. The predicted molar refractivity (Wildman–Crippen MR) is 89.4 cm³/mol. The van der Waals surface area contributed by atoms with Gasteiger partial charge in [-0.25, -0.2) is 4.79 Å². The standard InChI is InChI=1S/C18H25NO5/c1-2-3-4-8-11-15(20)17(22)19-14(18(23)24)12-16(21)13-9-6-5-7-10-13/h5-7,9-10,14,16,21H,2-4,8,11-12H2,1H3,(H,19,22)(H,23,24)/t14-,16?/m0/s1. The van der Waals surface area contributed by atoms with Crippen molar-refractivity contribution in [1.82, 2.24) is 5.32 Å². The number of amides is 1. The van der Waals surface area contributed by atoms with Gasteiger partial charge < -0.3 is 15.5 Å². The Morgan fingerprint density at radius 3 is 2.33 bits per heavy atom. The molecule has 1 rings (SSSR count). The zero-order valence-electron chi connectivity index (χ0n) is 13.9. The molecule has 24 heavy (non-hydrogen) atoms. The third kappa shape index (κ3) is 6.91. The number of carboxylic acid groups (broad SMARTS) is 1. The molecule has 0 aliphatic heterocycles. The van der Waals surface area contributed by atoms with Crippen molar-refractivity contribution in [3.63, 3.8) is 0 Å². The molecule has 0 bridgehead atoms. The summed E-state index contributed by atoms with van der Waals surface area (Å²) >= 11 is 0. The maximum atomic E-state index is 11.8. The molecule has 0 saturated carbocycles. The normalized spacial score (nSPS) is 13.1. The summed E-state index contributed by atoms with van der Waals surface area (Å²) in [7, 11) is 0. The van der Waals surface area contributed by atoms with Crippen molar-refractivity contribution < 1.29 is 24.6 Å². The van der Waals surface area contributed by atoms with E-state index in [0.717, 1.165) is 19.3 Å². The van der Waals surface area contributed by atoms with Gasteiger partial charge in [0.25, 0.3) is 5.91 Å². The zero-order valence-corrected chi connectivity index (χ0v) is 13.9. The molecule has 1 unspecified atom stereocenters. The fraction of sp³-hybridized carbons (Fsp3) is 0.500. The van der Waals surface area contributed by atoms with Crippen LogP contribution in [0.25, 0.3) is 0 Å². The molecule has 132 valence electrons. The van der Waals surface area contributed by atoms with Gasteiger partial charge in [-0.3, -0.25) is 9.59 Å². The average Bonchev–Trinajstić information content (AvgIpc) is 2.58. The highest BCUT2D eigenvalue weighted by molar-refractivity contribution is 6.36. The monoisotopic (exact) mass is 335 g/mol. The quantitative estimate of drug-likeness (QED) is 0.425. The van der Waals surface area contributed by atoms with E-state index in [1.165, 1.54) is 0 Å². The average molecular weight is 335 g/mol. The second-order valence-corrected chi connectivity index (χ2v) is 5.76. The number of hydrogen-bond donors (Lipinski definition) is 3. The van der Waals surface area contributed by atoms with Crippen LogP contribution < -0.4 is 5.32 Å². The number of ketones is 1. The third-order valence-electron chi connectivity index (χ3n) is 3.76. The summed E-state index contributed by atoms with van der Waals surface area (Å²) in [5.41, 5.74) is 0.559. The first kappa shape index (κ1) is 19.8. The Morgan fingerprint density at radius 1 is 1.08 bits per heavy atom. The summed E-state index contributed by atoms with van der Waals surface area (Å²) in [6.07, 6.45) is 2.38. The SMILES string of the molecule is CCCCCCC(=O)C(=O)N[C@@H](CC(O)c1ccccc1)C(=O)O. The first-order valence-corrected chi connectivity index (χ1v) is 8.25. The molecule has 0 fully saturated rings. The van der Waals surface area contributed by atoms with Crippen LogP contribution in [0.3, 0.4) is 0 Å². The van der Waals surface area contributed by atoms with E-state index >= 15 is 0 Å². The number of aliphatic hydroxyl groups excluding tert-OH is 1. The molecule has 0 spiro atoms. The number of nitrogens with one attached hydrogen (secondary N) is 1. The van der Waals surface area contributed by atoms with Crippen LogP contribution in [-0.4, -0.2) is 33.9 Å². The van der Waals surface area contributed by atoms with Gasteiger partial charge in [-0.2, -0.15) is 0 Å². The van der Waals surface area contributed by atoms with Gasteiger partial charge in [0.05, 0.1) is 6.10 Å². The number of rotatable bonds is 11. The van der Waals surface area contributed by atoms with Gasteiger partial charge in [0, 0.05) is 12.8 Å². The van der Waals surface area contributed by atoms with Crippen molar-refractivity contribution in [3.05, 3.63) is 35.9 Å². The number of aliphatic hydroxyl groups is 1. The van der Waals surface area contributed by atoms with E-state index in [1.807, 2.05) is 6.92 Å². The highest BCUT2D eigenvalue weighted by Crippen LogP contribution is 2.18. The lowest BCUT2D eigenvalue weighted by Gasteiger charge is -2.18. The number of aliphatic carboxylic acids is 1.